The summed E-state index contributed by atoms with van der Waals surface area (Å²) in [5.41, 5.74) is 4.78. The van der Waals surface area contributed by atoms with Crippen molar-refractivity contribution in [3.8, 4) is 0 Å². The zero-order chi connectivity index (χ0) is 17.3. The van der Waals surface area contributed by atoms with E-state index in [2.05, 4.69) is 13.8 Å². The third-order valence-electron chi connectivity index (χ3n) is 2.88. The van der Waals surface area contributed by atoms with Gasteiger partial charge in [0.15, 0.2) is 0 Å². The van der Waals surface area contributed by atoms with Gasteiger partial charge in [-0.25, -0.2) is 13.9 Å². The molecule has 0 radical (unpaired) electrons. The van der Waals surface area contributed by atoms with Gasteiger partial charge in [0.05, 0.1) is 12.7 Å². The number of nitrogens with zero attached hydrogens (tertiary/aromatic N) is 2. The van der Waals surface area contributed by atoms with Crippen molar-refractivity contribution < 1.29 is 37.4 Å². The van der Waals surface area contributed by atoms with Gasteiger partial charge in [-0.1, -0.05) is 0 Å². The van der Waals surface area contributed by atoms with E-state index in [0.29, 0.717) is 12.8 Å². The highest BCUT2D eigenvalue weighted by atomic mass is 31.3. The van der Waals surface area contributed by atoms with Gasteiger partial charge in [0.2, 0.25) is 0 Å². The molecule has 12 nitrogen and oxygen atoms in total. The predicted octanol–water partition coefficient (Wildman–Crippen LogP) is -0.271. The zero-order valence-electron chi connectivity index (χ0n) is 11.6. The maximum absolute atomic E-state index is 11.7. The first-order valence-electron chi connectivity index (χ1n) is 6.30. The van der Waals surface area contributed by atoms with Gasteiger partial charge >= 0.3 is 21.3 Å². The maximum Gasteiger partial charge on any atom is 0.481 e. The normalized spacial score (nSPS) is 24.5. The Labute approximate surface area is 129 Å². The van der Waals surface area contributed by atoms with E-state index in [-0.39, 0.29) is 5.82 Å². The lowest BCUT2D eigenvalue weighted by atomic mass is 10.2. The first-order chi connectivity index (χ1) is 10.6. The minimum atomic E-state index is -5.16. The van der Waals surface area contributed by atoms with E-state index in [0.717, 1.165) is 0 Å². The molecule has 0 spiro atoms. The van der Waals surface area contributed by atoms with Crippen LogP contribution in [-0.2, 0) is 22.7 Å². The summed E-state index contributed by atoms with van der Waals surface area (Å²) in [6, 6.07) is 1.42. The van der Waals surface area contributed by atoms with E-state index < -0.39 is 40.3 Å². The first-order valence-corrected chi connectivity index (χ1v) is 9.33. The summed E-state index contributed by atoms with van der Waals surface area (Å²) in [5, 5.41) is 0. The number of hydrogen-bond acceptors (Lipinski definition) is 8. The van der Waals surface area contributed by atoms with Crippen molar-refractivity contribution in [2.24, 2.45) is 0 Å². The molecule has 1 saturated heterocycles. The minimum Gasteiger partial charge on any atom is -0.383 e. The Morgan fingerprint density at radius 3 is 2.70 bits per heavy atom. The Bertz CT molecular complexity index is 716. The Balaban J connectivity index is 1.92. The van der Waals surface area contributed by atoms with Gasteiger partial charge < -0.3 is 25.2 Å². The number of anilines is 1. The van der Waals surface area contributed by atoms with Crippen LogP contribution in [0.4, 0.5) is 5.82 Å². The van der Waals surface area contributed by atoms with Crippen molar-refractivity contribution in [1.29, 1.82) is 0 Å². The summed E-state index contributed by atoms with van der Waals surface area (Å²) < 4.78 is 36.6. The van der Waals surface area contributed by atoms with Crippen LogP contribution in [0.2, 0.25) is 0 Å². The van der Waals surface area contributed by atoms with Crippen LogP contribution in [0.1, 0.15) is 19.1 Å². The van der Waals surface area contributed by atoms with Gasteiger partial charge in [-0.15, -0.1) is 0 Å². The molecule has 1 aromatic rings. The smallest absolute Gasteiger partial charge is 0.383 e. The number of aromatic nitrogens is 2. The Morgan fingerprint density at radius 1 is 1.39 bits per heavy atom. The molecule has 1 aliphatic heterocycles. The van der Waals surface area contributed by atoms with Crippen LogP contribution in [0.5, 0.6) is 0 Å². The third-order valence-corrected chi connectivity index (χ3v) is 5.03. The fraction of sp³-hybridized carbons (Fsp3) is 0.556. The average Bonchev–Trinajstić information content (AvgIpc) is 2.82. The molecule has 23 heavy (non-hydrogen) atoms. The van der Waals surface area contributed by atoms with E-state index in [4.69, 9.17) is 25.2 Å². The summed E-state index contributed by atoms with van der Waals surface area (Å²) >= 11 is 0. The monoisotopic (exact) mass is 371 g/mol. The van der Waals surface area contributed by atoms with E-state index in [1.165, 1.54) is 16.8 Å². The van der Waals surface area contributed by atoms with Gasteiger partial charge in [-0.3, -0.25) is 9.09 Å². The van der Waals surface area contributed by atoms with Gasteiger partial charge in [-0.2, -0.15) is 9.29 Å². The summed E-state index contributed by atoms with van der Waals surface area (Å²) in [5.74, 6) is 0.0694. The molecule has 0 bridgehead atoms. The predicted molar refractivity (Wildman–Crippen MR) is 75.0 cm³/mol. The minimum absolute atomic E-state index is 0.0694. The van der Waals surface area contributed by atoms with Gasteiger partial charge in [0, 0.05) is 6.20 Å². The summed E-state index contributed by atoms with van der Waals surface area (Å²) in [6.45, 7) is -0.443. The van der Waals surface area contributed by atoms with Crippen molar-refractivity contribution in [1.82, 2.24) is 9.55 Å². The van der Waals surface area contributed by atoms with Crippen molar-refractivity contribution >= 4 is 21.5 Å². The fourth-order valence-corrected chi connectivity index (χ4v) is 3.61. The fourth-order valence-electron chi connectivity index (χ4n) is 1.99. The van der Waals surface area contributed by atoms with Crippen LogP contribution in [0.25, 0.3) is 0 Å². The number of nitrogen functional groups attached to an aromatic ring is 1. The molecule has 130 valence electrons. The van der Waals surface area contributed by atoms with Crippen LogP contribution < -0.4 is 11.4 Å². The second-order valence-electron chi connectivity index (χ2n) is 4.67. The number of rotatable bonds is 6. The maximum atomic E-state index is 11.7. The highest BCUT2D eigenvalue weighted by molar-refractivity contribution is 7.60. The highest BCUT2D eigenvalue weighted by Gasteiger charge is 2.35. The van der Waals surface area contributed by atoms with Crippen LogP contribution in [0.15, 0.2) is 17.1 Å². The number of hydrogen-bond donors (Lipinski definition) is 4. The average molecular weight is 371 g/mol. The molecule has 14 heteroatoms. The molecule has 0 saturated carbocycles. The van der Waals surface area contributed by atoms with Gasteiger partial charge in [0.25, 0.3) is 0 Å². The molecule has 1 fully saturated rings. The third kappa shape index (κ3) is 5.48. The highest BCUT2D eigenvalue weighted by Crippen LogP contribution is 2.57. The summed E-state index contributed by atoms with van der Waals surface area (Å²) in [4.78, 5) is 41.3. The lowest BCUT2D eigenvalue weighted by molar-refractivity contribution is -0.0242. The molecule has 3 atom stereocenters. The Hall–Kier alpha value is -1.10. The first kappa shape index (κ1) is 18.2. The van der Waals surface area contributed by atoms with Crippen molar-refractivity contribution in [2.45, 2.75) is 25.2 Å². The molecule has 5 N–H and O–H groups in total. The number of ether oxygens (including phenoxy) is 1. The number of phosphoric ester groups is 1. The zero-order valence-corrected chi connectivity index (χ0v) is 13.4. The number of phosphoric acid groups is 2. The Morgan fingerprint density at radius 2 is 2.09 bits per heavy atom. The van der Waals surface area contributed by atoms with Crippen LogP contribution >= 0.6 is 15.6 Å². The van der Waals surface area contributed by atoms with E-state index in [1.807, 2.05) is 0 Å². The van der Waals surface area contributed by atoms with Gasteiger partial charge in [0.1, 0.15) is 12.0 Å². The quantitative estimate of drug-likeness (QED) is 0.483. The number of nitrogens with two attached hydrogens (primary N) is 1. The lowest BCUT2D eigenvalue weighted by Crippen LogP contribution is -2.27. The Kier molecular flexibility index (Phi) is 5.39. The van der Waals surface area contributed by atoms with Gasteiger partial charge in [-0.05, 0) is 18.9 Å². The largest absolute Gasteiger partial charge is 0.481 e. The van der Waals surface area contributed by atoms with Crippen LogP contribution in [-0.4, -0.2) is 36.9 Å². The second kappa shape index (κ2) is 6.80. The SMILES string of the molecule is Nc1ccn([C@H]2CC[C@@H](COP(=O)(O)OP(=O)(O)O)O2)c(=O)n1. The van der Waals surface area contributed by atoms with Crippen molar-refractivity contribution in [3.63, 3.8) is 0 Å². The molecule has 0 aromatic carbocycles. The summed E-state index contributed by atoms with van der Waals surface area (Å²) in [7, 11) is -10.1. The summed E-state index contributed by atoms with van der Waals surface area (Å²) in [6.07, 6.45) is 0.897. The van der Waals surface area contributed by atoms with Crippen LogP contribution in [0, 0.1) is 0 Å². The molecule has 1 unspecified atom stereocenters. The standard InChI is InChI=1S/C9H15N3O9P2/c10-7-3-4-12(9(13)11-7)8-2-1-6(20-8)5-19-23(17,18)21-22(14,15)16/h3-4,6,8H,1-2,5H2,(H,17,18)(H2,10,11,13)(H2,14,15,16)/t6-,8+/m0/s1. The molecule has 2 heterocycles. The van der Waals surface area contributed by atoms with E-state index in [9.17, 15) is 13.9 Å². The molecule has 2 rings (SSSR count). The van der Waals surface area contributed by atoms with Crippen LogP contribution in [0.3, 0.4) is 0 Å². The molecular formula is C9H15N3O9P2. The van der Waals surface area contributed by atoms with Crippen molar-refractivity contribution in [3.05, 3.63) is 22.7 Å². The lowest BCUT2D eigenvalue weighted by Gasteiger charge is -2.17. The van der Waals surface area contributed by atoms with E-state index >= 15 is 0 Å². The molecule has 1 aliphatic rings. The molecule has 0 aliphatic carbocycles. The molecular weight excluding hydrogens is 356 g/mol. The topological polar surface area (TPSA) is 183 Å². The van der Waals surface area contributed by atoms with Crippen molar-refractivity contribution in [2.75, 3.05) is 12.3 Å². The molecule has 1 aromatic heterocycles. The van der Waals surface area contributed by atoms with E-state index in [1.54, 1.807) is 0 Å². The molecule has 0 amide bonds. The second-order valence-corrected chi connectivity index (χ2v) is 7.50.